The normalized spacial score (nSPS) is 10.3. The Balaban J connectivity index is 1.72. The zero-order chi connectivity index (χ0) is 21.0. The van der Waals surface area contributed by atoms with Crippen LogP contribution in [-0.2, 0) is 0 Å². The summed E-state index contributed by atoms with van der Waals surface area (Å²) in [6, 6.07) is 10.1. The number of nitrogens with zero attached hydrogens (tertiary/aromatic N) is 1. The van der Waals surface area contributed by atoms with E-state index in [4.69, 9.17) is 21.1 Å². The van der Waals surface area contributed by atoms with Gasteiger partial charge in [-0.05, 0) is 36.8 Å². The third-order valence-electron chi connectivity index (χ3n) is 4.02. The topological polar surface area (TPSA) is 89.6 Å². The maximum absolute atomic E-state index is 12.5. The number of rotatable bonds is 6. The lowest BCUT2D eigenvalue weighted by atomic mass is 10.2. The van der Waals surface area contributed by atoms with E-state index in [0.29, 0.717) is 32.9 Å². The van der Waals surface area contributed by atoms with Gasteiger partial charge < -0.3 is 14.8 Å². The number of anilines is 2. The molecule has 0 saturated carbocycles. The Kier molecular flexibility index (Phi) is 6.36. The fourth-order valence-corrected chi connectivity index (χ4v) is 3.32. The molecule has 0 unspecified atom stereocenters. The molecule has 2 amide bonds. The fraction of sp³-hybridized carbons (Fsp3) is 0.150. The number of methoxy groups -OCH3 is 2. The number of halogens is 1. The summed E-state index contributed by atoms with van der Waals surface area (Å²) in [5, 5.41) is 7.83. The van der Waals surface area contributed by atoms with E-state index in [0.717, 1.165) is 16.9 Å². The van der Waals surface area contributed by atoms with E-state index < -0.39 is 11.8 Å². The van der Waals surface area contributed by atoms with Gasteiger partial charge >= 0.3 is 0 Å². The first-order valence-corrected chi connectivity index (χ1v) is 9.73. The van der Waals surface area contributed by atoms with Crippen molar-refractivity contribution in [3.05, 3.63) is 63.6 Å². The van der Waals surface area contributed by atoms with Crippen LogP contribution >= 0.6 is 22.9 Å². The number of thiazole rings is 1. The Labute approximate surface area is 176 Å². The van der Waals surface area contributed by atoms with Crippen LogP contribution in [0, 0.1) is 6.92 Å². The van der Waals surface area contributed by atoms with Gasteiger partial charge in [0.05, 0.1) is 14.2 Å². The smallest absolute Gasteiger partial charge is 0.275 e. The Morgan fingerprint density at radius 1 is 1.00 bits per heavy atom. The van der Waals surface area contributed by atoms with Crippen LogP contribution in [0.4, 0.5) is 10.8 Å². The van der Waals surface area contributed by atoms with Gasteiger partial charge in [-0.2, -0.15) is 0 Å². The van der Waals surface area contributed by atoms with E-state index in [1.165, 1.54) is 14.2 Å². The maximum Gasteiger partial charge on any atom is 0.275 e. The molecule has 0 atom stereocenters. The minimum atomic E-state index is -0.394. The van der Waals surface area contributed by atoms with Crippen molar-refractivity contribution < 1.29 is 19.1 Å². The highest BCUT2D eigenvalue weighted by atomic mass is 35.5. The molecule has 0 radical (unpaired) electrons. The number of nitrogens with one attached hydrogen (secondary N) is 2. The molecule has 0 spiro atoms. The van der Waals surface area contributed by atoms with Crippen LogP contribution in [0.15, 0.2) is 41.8 Å². The number of hydrogen-bond acceptors (Lipinski definition) is 6. The number of carbonyl (C=O) groups excluding carboxylic acids is 2. The largest absolute Gasteiger partial charge is 0.497 e. The number of benzene rings is 2. The van der Waals surface area contributed by atoms with Gasteiger partial charge in [-0.3, -0.25) is 14.9 Å². The summed E-state index contributed by atoms with van der Waals surface area (Å²) in [6.45, 7) is 1.86. The number of carbonyl (C=O) groups is 2. The third-order valence-corrected chi connectivity index (χ3v) is 5.01. The standard InChI is InChI=1S/C20H18ClN3O4S/c1-11-4-5-13(21)8-16(11)22-19(26)17-10-29-20(23-17)24-18(25)12-6-14(27-2)9-15(7-12)28-3/h4-10H,1-3H3,(H,22,26)(H,23,24,25). The van der Waals surface area contributed by atoms with Gasteiger partial charge in [-0.25, -0.2) is 4.98 Å². The second kappa shape index (κ2) is 8.93. The minimum Gasteiger partial charge on any atom is -0.497 e. The van der Waals surface area contributed by atoms with Crippen molar-refractivity contribution in [2.24, 2.45) is 0 Å². The zero-order valence-corrected chi connectivity index (χ0v) is 17.5. The van der Waals surface area contributed by atoms with Crippen molar-refractivity contribution >= 4 is 45.6 Å². The summed E-state index contributed by atoms with van der Waals surface area (Å²) in [4.78, 5) is 29.2. The molecule has 0 saturated heterocycles. The zero-order valence-electron chi connectivity index (χ0n) is 15.9. The van der Waals surface area contributed by atoms with Crippen LogP contribution in [0.2, 0.25) is 5.02 Å². The van der Waals surface area contributed by atoms with Gasteiger partial charge in [0.15, 0.2) is 5.13 Å². The van der Waals surface area contributed by atoms with E-state index in [-0.39, 0.29) is 5.69 Å². The molecule has 0 bridgehead atoms. The summed E-state index contributed by atoms with van der Waals surface area (Å²) < 4.78 is 10.3. The van der Waals surface area contributed by atoms with Crippen LogP contribution in [0.25, 0.3) is 0 Å². The van der Waals surface area contributed by atoms with E-state index >= 15 is 0 Å². The van der Waals surface area contributed by atoms with Crippen LogP contribution in [0.5, 0.6) is 11.5 Å². The van der Waals surface area contributed by atoms with Crippen LogP contribution in [-0.4, -0.2) is 31.0 Å². The van der Waals surface area contributed by atoms with Gasteiger partial charge in [0, 0.05) is 27.7 Å². The second-order valence-corrected chi connectivity index (χ2v) is 7.30. The van der Waals surface area contributed by atoms with Gasteiger partial charge in [0.1, 0.15) is 17.2 Å². The SMILES string of the molecule is COc1cc(OC)cc(C(=O)Nc2nc(C(=O)Nc3cc(Cl)ccc3C)cs2)c1. The summed E-state index contributed by atoms with van der Waals surface area (Å²) in [5.74, 6) is 0.195. The molecule has 3 rings (SSSR count). The van der Waals surface area contributed by atoms with Crippen LogP contribution in [0.1, 0.15) is 26.4 Å². The Morgan fingerprint density at radius 2 is 1.69 bits per heavy atom. The highest BCUT2D eigenvalue weighted by molar-refractivity contribution is 7.14. The monoisotopic (exact) mass is 431 g/mol. The van der Waals surface area contributed by atoms with Gasteiger partial charge in [-0.15, -0.1) is 11.3 Å². The molecular formula is C20H18ClN3O4S. The first-order valence-electron chi connectivity index (χ1n) is 8.47. The number of ether oxygens (including phenoxy) is 2. The highest BCUT2D eigenvalue weighted by Crippen LogP contribution is 2.25. The lowest BCUT2D eigenvalue weighted by Crippen LogP contribution is -2.15. The molecule has 2 aromatic carbocycles. The average molecular weight is 432 g/mol. The number of aromatic nitrogens is 1. The minimum absolute atomic E-state index is 0.188. The Morgan fingerprint density at radius 3 is 2.34 bits per heavy atom. The fourth-order valence-electron chi connectivity index (χ4n) is 2.46. The first kappa shape index (κ1) is 20.6. The molecule has 9 heteroatoms. The molecular weight excluding hydrogens is 414 g/mol. The third kappa shape index (κ3) is 5.04. The van der Waals surface area contributed by atoms with Gasteiger partial charge in [0.2, 0.25) is 0 Å². The molecule has 7 nitrogen and oxygen atoms in total. The van der Waals surface area contributed by atoms with Crippen molar-refractivity contribution in [2.75, 3.05) is 24.9 Å². The predicted octanol–water partition coefficient (Wildman–Crippen LogP) is 4.63. The van der Waals surface area contributed by atoms with Crippen molar-refractivity contribution in [3.63, 3.8) is 0 Å². The molecule has 2 N–H and O–H groups in total. The van der Waals surface area contributed by atoms with Crippen molar-refractivity contribution in [1.29, 1.82) is 0 Å². The summed E-state index contributed by atoms with van der Waals surface area (Å²) in [7, 11) is 3.01. The van der Waals surface area contributed by atoms with E-state index in [9.17, 15) is 9.59 Å². The lowest BCUT2D eigenvalue weighted by molar-refractivity contribution is 0.101. The Bertz CT molecular complexity index is 1050. The van der Waals surface area contributed by atoms with Crippen LogP contribution in [0.3, 0.4) is 0 Å². The van der Waals surface area contributed by atoms with E-state index in [2.05, 4.69) is 15.6 Å². The Hall–Kier alpha value is -3.10. The lowest BCUT2D eigenvalue weighted by Gasteiger charge is -2.08. The summed E-state index contributed by atoms with van der Waals surface area (Å²) >= 11 is 7.13. The van der Waals surface area contributed by atoms with Crippen molar-refractivity contribution in [1.82, 2.24) is 4.98 Å². The molecule has 150 valence electrons. The number of amides is 2. The highest BCUT2D eigenvalue weighted by Gasteiger charge is 2.16. The molecule has 1 aromatic heterocycles. The molecule has 1 heterocycles. The molecule has 0 fully saturated rings. The molecule has 0 aliphatic carbocycles. The summed E-state index contributed by atoms with van der Waals surface area (Å²) in [6.07, 6.45) is 0. The van der Waals surface area contributed by atoms with Crippen LogP contribution < -0.4 is 20.1 Å². The molecule has 3 aromatic rings. The van der Waals surface area contributed by atoms with Crippen molar-refractivity contribution in [2.45, 2.75) is 6.92 Å². The number of hydrogen-bond donors (Lipinski definition) is 2. The quantitative estimate of drug-likeness (QED) is 0.594. The van der Waals surface area contributed by atoms with E-state index in [1.807, 2.05) is 13.0 Å². The molecule has 0 aliphatic rings. The average Bonchev–Trinajstić information content (AvgIpc) is 3.18. The van der Waals surface area contributed by atoms with E-state index in [1.54, 1.807) is 35.7 Å². The second-order valence-electron chi connectivity index (χ2n) is 6.01. The summed E-state index contributed by atoms with van der Waals surface area (Å²) in [5.41, 5.74) is 2.01. The molecule has 29 heavy (non-hydrogen) atoms. The van der Waals surface area contributed by atoms with Gasteiger partial charge in [0.25, 0.3) is 11.8 Å². The first-order chi connectivity index (χ1) is 13.9. The molecule has 0 aliphatic heterocycles. The van der Waals surface area contributed by atoms with Gasteiger partial charge in [-0.1, -0.05) is 17.7 Å². The predicted molar refractivity (Wildman–Crippen MR) is 114 cm³/mol. The maximum atomic E-state index is 12.5. The number of aryl methyl sites for hydroxylation is 1. The van der Waals surface area contributed by atoms with Crippen molar-refractivity contribution in [3.8, 4) is 11.5 Å².